The number of unbranched alkanes of at least 4 members (excludes halogenated alkanes) is 2. The zero-order valence-electron chi connectivity index (χ0n) is 12.8. The van der Waals surface area contributed by atoms with E-state index in [2.05, 4.69) is 0 Å². The SMILES string of the molecule is CCCCNC(=O)C(F)(F)C(F)(F)C(F)(F)C(=O)NCCCC. The lowest BCUT2D eigenvalue weighted by molar-refractivity contribution is -0.287. The van der Waals surface area contributed by atoms with Crippen molar-refractivity contribution in [1.82, 2.24) is 10.6 Å². The second-order valence-corrected chi connectivity index (χ2v) is 4.94. The molecule has 4 nitrogen and oxygen atoms in total. The van der Waals surface area contributed by atoms with Gasteiger partial charge in [-0.2, -0.15) is 26.3 Å². The Morgan fingerprint density at radius 2 is 1.04 bits per heavy atom. The monoisotopic (exact) mass is 350 g/mol. The molecule has 0 atom stereocenters. The van der Waals surface area contributed by atoms with E-state index in [1.165, 1.54) is 10.6 Å². The summed E-state index contributed by atoms with van der Waals surface area (Å²) in [6.45, 7) is 2.56. The maximum atomic E-state index is 13.5. The Kier molecular flexibility index (Phi) is 7.85. The number of hydrogen-bond donors (Lipinski definition) is 2. The first kappa shape index (κ1) is 21.5. The Bertz CT molecular complexity index is 379. The molecule has 0 saturated carbocycles. The third-order valence-corrected chi connectivity index (χ3v) is 2.99. The number of amides is 2. The number of hydrogen-bond acceptors (Lipinski definition) is 2. The van der Waals surface area contributed by atoms with E-state index in [4.69, 9.17) is 0 Å². The first-order chi connectivity index (χ1) is 10.5. The van der Waals surface area contributed by atoms with Crippen LogP contribution in [0.1, 0.15) is 39.5 Å². The largest absolute Gasteiger partial charge is 0.393 e. The lowest BCUT2D eigenvalue weighted by Gasteiger charge is -2.30. The van der Waals surface area contributed by atoms with Gasteiger partial charge >= 0.3 is 17.8 Å². The van der Waals surface area contributed by atoms with Crippen LogP contribution in [0, 0.1) is 0 Å². The zero-order valence-corrected chi connectivity index (χ0v) is 12.8. The Morgan fingerprint density at radius 3 is 1.30 bits per heavy atom. The van der Waals surface area contributed by atoms with Crippen LogP contribution in [-0.2, 0) is 9.59 Å². The molecule has 0 aliphatic carbocycles. The molecule has 0 saturated heterocycles. The van der Waals surface area contributed by atoms with E-state index in [1.54, 1.807) is 13.8 Å². The Labute approximate surface area is 130 Å². The molecular weight excluding hydrogens is 330 g/mol. The van der Waals surface area contributed by atoms with Crippen molar-refractivity contribution < 1.29 is 35.9 Å². The summed E-state index contributed by atoms with van der Waals surface area (Å²) < 4.78 is 80.7. The average molecular weight is 350 g/mol. The highest BCUT2D eigenvalue weighted by Gasteiger charge is 2.77. The molecule has 10 heteroatoms. The highest BCUT2D eigenvalue weighted by Crippen LogP contribution is 2.46. The van der Waals surface area contributed by atoms with E-state index >= 15 is 0 Å². The molecular formula is C13H20F6N2O2. The molecule has 0 heterocycles. The van der Waals surface area contributed by atoms with Crippen LogP contribution in [0.2, 0.25) is 0 Å². The zero-order chi connectivity index (χ0) is 18.3. The van der Waals surface area contributed by atoms with Gasteiger partial charge in [0.2, 0.25) is 0 Å². The normalized spacial score (nSPS) is 12.9. The van der Waals surface area contributed by atoms with Crippen molar-refractivity contribution in [2.45, 2.75) is 57.3 Å². The highest BCUT2D eigenvalue weighted by atomic mass is 19.3. The number of nitrogens with one attached hydrogen (secondary N) is 2. The van der Waals surface area contributed by atoms with Gasteiger partial charge < -0.3 is 10.6 Å². The van der Waals surface area contributed by atoms with Gasteiger partial charge in [0.25, 0.3) is 11.8 Å². The van der Waals surface area contributed by atoms with E-state index in [-0.39, 0.29) is 25.9 Å². The van der Waals surface area contributed by atoms with E-state index in [1.807, 2.05) is 0 Å². The Hall–Kier alpha value is -1.48. The maximum absolute atomic E-state index is 13.5. The van der Waals surface area contributed by atoms with Gasteiger partial charge in [0.1, 0.15) is 0 Å². The van der Waals surface area contributed by atoms with Crippen LogP contribution in [0.5, 0.6) is 0 Å². The smallest absolute Gasteiger partial charge is 0.351 e. The van der Waals surface area contributed by atoms with E-state index in [0.717, 1.165) is 0 Å². The van der Waals surface area contributed by atoms with Crippen LogP contribution in [0.25, 0.3) is 0 Å². The molecule has 0 rings (SSSR count). The minimum atomic E-state index is -6.16. The number of carbonyl (C=O) groups excluding carboxylic acids is 2. The predicted octanol–water partition coefficient (Wildman–Crippen LogP) is 2.72. The van der Waals surface area contributed by atoms with Gasteiger partial charge in [-0.15, -0.1) is 0 Å². The molecule has 136 valence electrons. The summed E-state index contributed by atoms with van der Waals surface area (Å²) in [5.74, 6) is -22.7. The summed E-state index contributed by atoms with van der Waals surface area (Å²) in [5, 5.41) is 2.92. The second-order valence-electron chi connectivity index (χ2n) is 4.94. The molecule has 2 N–H and O–H groups in total. The molecule has 0 aliphatic rings. The molecule has 0 unspecified atom stereocenters. The minimum Gasteiger partial charge on any atom is -0.351 e. The first-order valence-corrected chi connectivity index (χ1v) is 7.16. The summed E-state index contributed by atoms with van der Waals surface area (Å²) in [6, 6.07) is 0. The van der Waals surface area contributed by atoms with Gasteiger partial charge in [-0.3, -0.25) is 9.59 Å². The van der Waals surface area contributed by atoms with Gasteiger partial charge in [-0.25, -0.2) is 0 Å². The summed E-state index contributed by atoms with van der Waals surface area (Å²) in [7, 11) is 0. The quantitative estimate of drug-likeness (QED) is 0.470. The molecule has 2 amide bonds. The molecule has 0 aromatic rings. The number of rotatable bonds is 10. The molecule has 0 spiro atoms. The molecule has 0 fully saturated rings. The van der Waals surface area contributed by atoms with Crippen LogP contribution in [0.15, 0.2) is 0 Å². The van der Waals surface area contributed by atoms with Gasteiger partial charge in [0, 0.05) is 13.1 Å². The molecule has 0 radical (unpaired) electrons. The molecule has 0 aromatic carbocycles. The van der Waals surface area contributed by atoms with Crippen molar-refractivity contribution in [3.05, 3.63) is 0 Å². The number of carbonyl (C=O) groups is 2. The summed E-state index contributed by atoms with van der Waals surface area (Å²) in [5.41, 5.74) is 0. The van der Waals surface area contributed by atoms with Crippen molar-refractivity contribution >= 4 is 11.8 Å². The van der Waals surface area contributed by atoms with Crippen molar-refractivity contribution in [3.8, 4) is 0 Å². The number of halogens is 6. The van der Waals surface area contributed by atoms with E-state index < -0.39 is 29.6 Å². The molecule has 23 heavy (non-hydrogen) atoms. The molecule has 0 bridgehead atoms. The van der Waals surface area contributed by atoms with Crippen LogP contribution in [0.3, 0.4) is 0 Å². The predicted molar refractivity (Wildman–Crippen MR) is 70.7 cm³/mol. The molecule has 0 aromatic heterocycles. The topological polar surface area (TPSA) is 58.2 Å². The summed E-state index contributed by atoms with van der Waals surface area (Å²) >= 11 is 0. The summed E-state index contributed by atoms with van der Waals surface area (Å²) in [6.07, 6.45) is 1.36. The molecule has 0 aliphatic heterocycles. The van der Waals surface area contributed by atoms with Gasteiger partial charge in [0.15, 0.2) is 0 Å². The second kappa shape index (κ2) is 8.39. The van der Waals surface area contributed by atoms with Crippen LogP contribution >= 0.6 is 0 Å². The third-order valence-electron chi connectivity index (χ3n) is 2.99. The fraction of sp³-hybridized carbons (Fsp3) is 0.846. The average Bonchev–Trinajstić information content (AvgIpc) is 2.46. The van der Waals surface area contributed by atoms with Crippen LogP contribution in [0.4, 0.5) is 26.3 Å². The van der Waals surface area contributed by atoms with Crippen LogP contribution < -0.4 is 10.6 Å². The lowest BCUT2D eigenvalue weighted by atomic mass is 10.0. The summed E-state index contributed by atoms with van der Waals surface area (Å²) in [4.78, 5) is 22.2. The lowest BCUT2D eigenvalue weighted by Crippen LogP contribution is -2.65. The minimum absolute atomic E-state index is 0.210. The fourth-order valence-electron chi connectivity index (χ4n) is 1.46. The highest BCUT2D eigenvalue weighted by molar-refractivity contribution is 5.89. The fourth-order valence-corrected chi connectivity index (χ4v) is 1.46. The van der Waals surface area contributed by atoms with Crippen molar-refractivity contribution in [1.29, 1.82) is 0 Å². The Balaban J connectivity index is 5.15. The van der Waals surface area contributed by atoms with E-state index in [0.29, 0.717) is 12.8 Å². The number of alkyl halides is 6. The van der Waals surface area contributed by atoms with Crippen molar-refractivity contribution in [3.63, 3.8) is 0 Å². The van der Waals surface area contributed by atoms with Crippen molar-refractivity contribution in [2.75, 3.05) is 13.1 Å². The first-order valence-electron chi connectivity index (χ1n) is 7.16. The van der Waals surface area contributed by atoms with Gasteiger partial charge in [0.05, 0.1) is 0 Å². The van der Waals surface area contributed by atoms with Crippen LogP contribution in [-0.4, -0.2) is 42.7 Å². The van der Waals surface area contributed by atoms with Gasteiger partial charge in [-0.05, 0) is 12.8 Å². The third kappa shape index (κ3) is 4.74. The standard InChI is InChI=1S/C13H20F6N2O2/c1-3-5-7-20-9(22)11(14,15)13(18,19)12(16,17)10(23)21-8-6-4-2/h3-8H2,1-2H3,(H,20,22)(H,21,23). The Morgan fingerprint density at radius 1 is 0.739 bits per heavy atom. The van der Waals surface area contributed by atoms with Gasteiger partial charge in [-0.1, -0.05) is 26.7 Å². The van der Waals surface area contributed by atoms with E-state index in [9.17, 15) is 35.9 Å². The maximum Gasteiger partial charge on any atom is 0.393 e. The van der Waals surface area contributed by atoms with Crippen molar-refractivity contribution in [2.24, 2.45) is 0 Å².